The van der Waals surface area contributed by atoms with E-state index in [9.17, 15) is 18.0 Å². The summed E-state index contributed by atoms with van der Waals surface area (Å²) >= 11 is 0. The molecule has 11 heteroatoms. The van der Waals surface area contributed by atoms with Crippen LogP contribution in [-0.4, -0.2) is 39.4 Å². The number of nitrogens with zero attached hydrogens (tertiary/aromatic N) is 4. The first-order chi connectivity index (χ1) is 13.2. The zero-order valence-electron chi connectivity index (χ0n) is 15.3. The average Bonchev–Trinajstić information content (AvgIpc) is 3.31. The Balaban J connectivity index is 1.67. The summed E-state index contributed by atoms with van der Waals surface area (Å²) in [7, 11) is 1.36. The van der Waals surface area contributed by atoms with Crippen LogP contribution in [-0.2, 0) is 21.1 Å². The molecular weight excluding hydrogens is 377 g/mol. The molecule has 2 fully saturated rings. The molecule has 1 atom stereocenters. The van der Waals surface area contributed by atoms with Crippen LogP contribution in [0.1, 0.15) is 43.5 Å². The van der Waals surface area contributed by atoms with E-state index in [0.29, 0.717) is 24.5 Å². The van der Waals surface area contributed by atoms with Crippen LogP contribution in [0.15, 0.2) is 12.3 Å². The van der Waals surface area contributed by atoms with Gasteiger partial charge in [-0.05, 0) is 19.8 Å². The van der Waals surface area contributed by atoms with E-state index >= 15 is 0 Å². The molecule has 0 radical (unpaired) electrons. The van der Waals surface area contributed by atoms with Gasteiger partial charge in [0.1, 0.15) is 22.6 Å². The number of hydrogen-bond donors (Lipinski definition) is 2. The SMILES string of the molecule is CNc1nc(Nc2cc([C@@]3(C)CCOC3=O)nn2C2CC2)ncc1C(F)(F)F. The van der Waals surface area contributed by atoms with E-state index in [1.54, 1.807) is 17.7 Å². The lowest BCUT2D eigenvalue weighted by atomic mass is 9.85. The van der Waals surface area contributed by atoms with Gasteiger partial charge in [-0.3, -0.25) is 4.79 Å². The maximum atomic E-state index is 13.0. The minimum absolute atomic E-state index is 0.00449. The third-order valence-electron chi connectivity index (χ3n) is 5.05. The van der Waals surface area contributed by atoms with E-state index in [2.05, 4.69) is 25.7 Å². The Bertz CT molecular complexity index is 924. The molecule has 0 unspecified atom stereocenters. The average molecular weight is 396 g/mol. The van der Waals surface area contributed by atoms with Crippen LogP contribution < -0.4 is 10.6 Å². The van der Waals surface area contributed by atoms with E-state index in [0.717, 1.165) is 19.0 Å². The molecule has 1 aliphatic carbocycles. The number of carbonyl (C=O) groups excluding carboxylic acids is 1. The van der Waals surface area contributed by atoms with Crippen molar-refractivity contribution in [2.45, 2.75) is 43.8 Å². The lowest BCUT2D eigenvalue weighted by molar-refractivity contribution is -0.142. The number of alkyl halides is 3. The molecule has 3 heterocycles. The van der Waals surface area contributed by atoms with Crippen molar-refractivity contribution >= 4 is 23.6 Å². The van der Waals surface area contributed by atoms with Crippen LogP contribution in [0.3, 0.4) is 0 Å². The van der Waals surface area contributed by atoms with Gasteiger partial charge in [-0.2, -0.15) is 23.3 Å². The maximum Gasteiger partial charge on any atom is 0.421 e. The molecule has 0 amide bonds. The standard InChI is InChI=1S/C17H19F3N6O2/c1-16(5-6-28-14(16)27)11-7-12(26(25-11)9-3-4-9)23-15-22-8-10(17(18,19)20)13(21-2)24-15/h7-9H,3-6H2,1-2H3,(H2,21,22,23,24)/t16-/m1/s1. The largest absolute Gasteiger partial charge is 0.465 e. The molecule has 1 saturated carbocycles. The molecule has 0 aromatic carbocycles. The van der Waals surface area contributed by atoms with Crippen LogP contribution >= 0.6 is 0 Å². The van der Waals surface area contributed by atoms with Gasteiger partial charge in [0.05, 0.1) is 18.3 Å². The van der Waals surface area contributed by atoms with Gasteiger partial charge in [0.25, 0.3) is 0 Å². The molecule has 2 aliphatic rings. The highest BCUT2D eigenvalue weighted by atomic mass is 19.4. The molecule has 1 saturated heterocycles. The van der Waals surface area contributed by atoms with Crippen molar-refractivity contribution in [2.24, 2.45) is 0 Å². The molecule has 2 aromatic rings. The molecule has 4 rings (SSSR count). The van der Waals surface area contributed by atoms with Gasteiger partial charge >= 0.3 is 12.1 Å². The first kappa shape index (κ1) is 18.5. The predicted octanol–water partition coefficient (Wildman–Crippen LogP) is 3.02. The highest BCUT2D eigenvalue weighted by molar-refractivity contribution is 5.84. The summed E-state index contributed by atoms with van der Waals surface area (Å²) in [4.78, 5) is 19.9. The highest BCUT2D eigenvalue weighted by Crippen LogP contribution is 2.41. The number of esters is 1. The van der Waals surface area contributed by atoms with Crippen LogP contribution in [0.2, 0.25) is 0 Å². The minimum atomic E-state index is -4.56. The summed E-state index contributed by atoms with van der Waals surface area (Å²) in [5.74, 6) is -0.123. The van der Waals surface area contributed by atoms with Crippen LogP contribution in [0.5, 0.6) is 0 Å². The predicted molar refractivity (Wildman–Crippen MR) is 93.3 cm³/mol. The molecule has 1 aliphatic heterocycles. The molecule has 150 valence electrons. The maximum absolute atomic E-state index is 13.0. The number of cyclic esters (lactones) is 1. The summed E-state index contributed by atoms with van der Waals surface area (Å²) in [6, 6.07) is 1.89. The molecule has 2 aromatic heterocycles. The number of carbonyl (C=O) groups is 1. The Labute approximate surface area is 158 Å². The van der Waals surface area contributed by atoms with Gasteiger partial charge in [0.15, 0.2) is 0 Å². The van der Waals surface area contributed by atoms with E-state index in [-0.39, 0.29) is 23.8 Å². The molecular formula is C17H19F3N6O2. The normalized spacial score (nSPS) is 22.2. The monoisotopic (exact) mass is 396 g/mol. The van der Waals surface area contributed by atoms with Crippen molar-refractivity contribution in [1.82, 2.24) is 19.7 Å². The summed E-state index contributed by atoms with van der Waals surface area (Å²) in [5.41, 5.74) is -1.23. The number of nitrogens with one attached hydrogen (secondary N) is 2. The fourth-order valence-corrected chi connectivity index (χ4v) is 3.15. The van der Waals surface area contributed by atoms with Crippen molar-refractivity contribution in [1.29, 1.82) is 0 Å². The Hall–Kier alpha value is -2.85. The first-order valence-corrected chi connectivity index (χ1v) is 8.88. The van der Waals surface area contributed by atoms with Crippen molar-refractivity contribution in [3.63, 3.8) is 0 Å². The second-order valence-electron chi connectivity index (χ2n) is 7.14. The number of ether oxygens (including phenoxy) is 1. The summed E-state index contributed by atoms with van der Waals surface area (Å²) < 4.78 is 45.9. The van der Waals surface area contributed by atoms with Gasteiger partial charge in [-0.25, -0.2) is 9.67 Å². The lowest BCUT2D eigenvalue weighted by Crippen LogP contribution is -2.28. The van der Waals surface area contributed by atoms with E-state index in [1.165, 1.54) is 7.05 Å². The topological polar surface area (TPSA) is 94.0 Å². The van der Waals surface area contributed by atoms with Gasteiger partial charge in [-0.1, -0.05) is 0 Å². The number of aromatic nitrogens is 4. The number of rotatable bonds is 5. The number of anilines is 3. The zero-order valence-corrected chi connectivity index (χ0v) is 15.3. The Morgan fingerprint density at radius 2 is 2.11 bits per heavy atom. The van der Waals surface area contributed by atoms with Crippen molar-refractivity contribution in [3.05, 3.63) is 23.5 Å². The molecule has 28 heavy (non-hydrogen) atoms. The summed E-state index contributed by atoms with van der Waals surface area (Å²) in [6.45, 7) is 2.11. The van der Waals surface area contributed by atoms with Gasteiger partial charge < -0.3 is 15.4 Å². The second kappa shape index (κ2) is 6.35. The molecule has 0 spiro atoms. The Morgan fingerprint density at radius 1 is 1.36 bits per heavy atom. The number of hydrogen-bond acceptors (Lipinski definition) is 7. The lowest BCUT2D eigenvalue weighted by Gasteiger charge is -2.15. The Morgan fingerprint density at radius 3 is 2.68 bits per heavy atom. The van der Waals surface area contributed by atoms with Crippen molar-refractivity contribution in [2.75, 3.05) is 24.3 Å². The smallest absolute Gasteiger partial charge is 0.421 e. The third-order valence-corrected chi connectivity index (χ3v) is 5.05. The first-order valence-electron chi connectivity index (χ1n) is 8.88. The van der Waals surface area contributed by atoms with Gasteiger partial charge in [0.2, 0.25) is 5.95 Å². The second-order valence-corrected chi connectivity index (χ2v) is 7.14. The van der Waals surface area contributed by atoms with Gasteiger partial charge in [-0.15, -0.1) is 0 Å². The number of halogens is 3. The van der Waals surface area contributed by atoms with Crippen LogP contribution in [0.25, 0.3) is 0 Å². The summed E-state index contributed by atoms with van der Waals surface area (Å²) in [6.07, 6.45) is -1.43. The fraction of sp³-hybridized carbons (Fsp3) is 0.529. The third kappa shape index (κ3) is 3.14. The van der Waals surface area contributed by atoms with Crippen molar-refractivity contribution < 1.29 is 22.7 Å². The van der Waals surface area contributed by atoms with Gasteiger partial charge in [0, 0.05) is 25.7 Å². The van der Waals surface area contributed by atoms with E-state index in [4.69, 9.17) is 4.74 Å². The molecule has 0 bridgehead atoms. The van der Waals surface area contributed by atoms with Crippen LogP contribution in [0, 0.1) is 0 Å². The van der Waals surface area contributed by atoms with E-state index < -0.39 is 17.2 Å². The summed E-state index contributed by atoms with van der Waals surface area (Å²) in [5, 5.41) is 9.96. The highest BCUT2D eigenvalue weighted by Gasteiger charge is 2.45. The minimum Gasteiger partial charge on any atom is -0.465 e. The van der Waals surface area contributed by atoms with Crippen molar-refractivity contribution in [3.8, 4) is 0 Å². The zero-order chi connectivity index (χ0) is 20.1. The van der Waals surface area contributed by atoms with Crippen LogP contribution in [0.4, 0.5) is 30.8 Å². The quantitative estimate of drug-likeness (QED) is 0.751. The molecule has 2 N–H and O–H groups in total. The molecule has 8 nitrogen and oxygen atoms in total. The van der Waals surface area contributed by atoms with E-state index in [1.807, 2.05) is 0 Å². The Kier molecular flexibility index (Phi) is 4.20. The fourth-order valence-electron chi connectivity index (χ4n) is 3.15.